The van der Waals surface area contributed by atoms with Crippen LogP contribution < -0.4 is 5.73 Å². The molecule has 3 aromatic rings. The monoisotopic (exact) mass is 305 g/mol. The molecular formula is C15H16ClN3O2. The zero-order valence-electron chi connectivity index (χ0n) is 11.8. The summed E-state index contributed by atoms with van der Waals surface area (Å²) in [5.74, 6) is 0.332. The van der Waals surface area contributed by atoms with Gasteiger partial charge in [0.05, 0.1) is 11.9 Å². The van der Waals surface area contributed by atoms with Gasteiger partial charge in [0.1, 0.15) is 11.3 Å². The molecule has 5 nitrogen and oxygen atoms in total. The van der Waals surface area contributed by atoms with Gasteiger partial charge in [0, 0.05) is 24.3 Å². The normalized spacial score (nSPS) is 10.6. The van der Waals surface area contributed by atoms with E-state index in [2.05, 4.69) is 4.98 Å². The summed E-state index contributed by atoms with van der Waals surface area (Å²) in [7, 11) is 0. The van der Waals surface area contributed by atoms with Crippen LogP contribution in [0.2, 0.25) is 0 Å². The van der Waals surface area contributed by atoms with E-state index in [0.717, 1.165) is 22.3 Å². The van der Waals surface area contributed by atoms with E-state index >= 15 is 0 Å². The van der Waals surface area contributed by atoms with Gasteiger partial charge >= 0.3 is 0 Å². The minimum Gasteiger partial charge on any atom is -0.460 e. The van der Waals surface area contributed by atoms with Crippen LogP contribution in [0.5, 0.6) is 0 Å². The Labute approximate surface area is 128 Å². The number of carbonyl (C=O) groups is 1. The van der Waals surface area contributed by atoms with Crippen molar-refractivity contribution in [2.45, 2.75) is 20.4 Å². The highest BCUT2D eigenvalue weighted by Gasteiger charge is 2.17. The third kappa shape index (κ3) is 2.52. The SMILES string of the molecule is Cc1oc2c(C(N)=O)ccc(Cn3ccnc3)c2c1C.Cl. The van der Waals surface area contributed by atoms with Crippen molar-refractivity contribution >= 4 is 29.3 Å². The standard InChI is InChI=1S/C15H15N3O2.ClH/c1-9-10(2)20-14-12(15(16)19)4-3-11(13(9)14)7-18-6-5-17-8-18;/h3-6,8H,7H2,1-2H3,(H2,16,19);1H. The number of nitrogens with two attached hydrogens (primary N) is 1. The van der Waals surface area contributed by atoms with E-state index in [9.17, 15) is 4.79 Å². The van der Waals surface area contributed by atoms with Crippen LogP contribution in [0.3, 0.4) is 0 Å². The molecule has 0 unspecified atom stereocenters. The number of halogens is 1. The topological polar surface area (TPSA) is 74.0 Å². The summed E-state index contributed by atoms with van der Waals surface area (Å²) in [6.07, 6.45) is 5.40. The molecule has 110 valence electrons. The Hall–Kier alpha value is -2.27. The van der Waals surface area contributed by atoms with E-state index in [4.69, 9.17) is 10.2 Å². The molecule has 2 aromatic heterocycles. The second-order valence-corrected chi connectivity index (χ2v) is 4.86. The number of aromatic nitrogens is 2. The Balaban J connectivity index is 0.00000161. The fourth-order valence-corrected chi connectivity index (χ4v) is 2.45. The van der Waals surface area contributed by atoms with E-state index in [1.807, 2.05) is 30.7 Å². The van der Waals surface area contributed by atoms with Crippen molar-refractivity contribution < 1.29 is 9.21 Å². The molecule has 0 saturated heterocycles. The average molecular weight is 306 g/mol. The van der Waals surface area contributed by atoms with Gasteiger partial charge in [-0.05, 0) is 31.0 Å². The van der Waals surface area contributed by atoms with Crippen LogP contribution in [0.25, 0.3) is 11.0 Å². The molecule has 1 amide bonds. The third-order valence-electron chi connectivity index (χ3n) is 3.58. The molecule has 0 atom stereocenters. The number of carbonyl (C=O) groups excluding carboxylic acids is 1. The first kappa shape index (κ1) is 15.1. The van der Waals surface area contributed by atoms with Crippen LogP contribution in [-0.4, -0.2) is 15.5 Å². The van der Waals surface area contributed by atoms with Gasteiger partial charge < -0.3 is 14.7 Å². The summed E-state index contributed by atoms with van der Waals surface area (Å²) in [6, 6.07) is 3.64. The maximum Gasteiger partial charge on any atom is 0.252 e. The lowest BCUT2D eigenvalue weighted by Crippen LogP contribution is -2.11. The van der Waals surface area contributed by atoms with Gasteiger partial charge in [0.15, 0.2) is 0 Å². The number of rotatable bonds is 3. The lowest BCUT2D eigenvalue weighted by molar-refractivity contribution is 0.100. The highest BCUT2D eigenvalue weighted by Crippen LogP contribution is 2.31. The quantitative estimate of drug-likeness (QED) is 0.808. The lowest BCUT2D eigenvalue weighted by atomic mass is 10.0. The zero-order valence-corrected chi connectivity index (χ0v) is 12.6. The number of fused-ring (bicyclic) bond motifs is 1. The van der Waals surface area contributed by atoms with Crippen molar-refractivity contribution in [3.63, 3.8) is 0 Å². The van der Waals surface area contributed by atoms with Gasteiger partial charge in [0.2, 0.25) is 0 Å². The maximum absolute atomic E-state index is 11.5. The Kier molecular flexibility index (Phi) is 4.04. The number of amides is 1. The summed E-state index contributed by atoms with van der Waals surface area (Å²) in [5.41, 5.74) is 8.53. The van der Waals surface area contributed by atoms with Gasteiger partial charge in [-0.3, -0.25) is 4.79 Å². The third-order valence-corrected chi connectivity index (χ3v) is 3.58. The summed E-state index contributed by atoms with van der Waals surface area (Å²) < 4.78 is 7.70. The van der Waals surface area contributed by atoms with Crippen molar-refractivity contribution in [2.24, 2.45) is 5.73 Å². The fraction of sp³-hybridized carbons (Fsp3) is 0.200. The minimum absolute atomic E-state index is 0. The summed E-state index contributed by atoms with van der Waals surface area (Å²) >= 11 is 0. The molecule has 0 aliphatic carbocycles. The van der Waals surface area contributed by atoms with Crippen LogP contribution in [0.15, 0.2) is 35.3 Å². The molecule has 0 fully saturated rings. The molecule has 3 rings (SSSR count). The molecular weight excluding hydrogens is 290 g/mol. The number of benzene rings is 1. The van der Waals surface area contributed by atoms with Crippen molar-refractivity contribution in [1.29, 1.82) is 0 Å². The molecule has 0 aliphatic rings. The summed E-state index contributed by atoms with van der Waals surface area (Å²) in [5, 5.41) is 0.965. The smallest absolute Gasteiger partial charge is 0.252 e. The van der Waals surface area contributed by atoms with Crippen LogP contribution in [-0.2, 0) is 6.54 Å². The molecule has 6 heteroatoms. The van der Waals surface area contributed by atoms with Crippen molar-refractivity contribution in [2.75, 3.05) is 0 Å². The predicted octanol–water partition coefficient (Wildman–Crippen LogP) is 2.82. The number of primary amides is 1. The fourth-order valence-electron chi connectivity index (χ4n) is 2.45. The number of hydrogen-bond donors (Lipinski definition) is 1. The molecule has 0 radical (unpaired) electrons. The number of imidazole rings is 1. The van der Waals surface area contributed by atoms with Gasteiger partial charge in [-0.25, -0.2) is 4.98 Å². The second-order valence-electron chi connectivity index (χ2n) is 4.86. The summed E-state index contributed by atoms with van der Waals surface area (Å²) in [4.78, 5) is 15.5. The second kappa shape index (κ2) is 5.61. The number of nitrogens with zero attached hydrogens (tertiary/aromatic N) is 2. The van der Waals surface area contributed by atoms with Crippen LogP contribution in [0.4, 0.5) is 0 Å². The zero-order chi connectivity index (χ0) is 14.3. The van der Waals surface area contributed by atoms with Crippen LogP contribution in [0, 0.1) is 13.8 Å². The molecule has 0 bridgehead atoms. The highest BCUT2D eigenvalue weighted by molar-refractivity contribution is 6.05. The molecule has 2 N–H and O–H groups in total. The van der Waals surface area contributed by atoms with E-state index in [-0.39, 0.29) is 12.4 Å². The van der Waals surface area contributed by atoms with E-state index in [1.165, 1.54) is 0 Å². The van der Waals surface area contributed by atoms with Crippen LogP contribution in [0.1, 0.15) is 27.2 Å². The van der Waals surface area contributed by atoms with Crippen molar-refractivity contribution in [1.82, 2.24) is 9.55 Å². The minimum atomic E-state index is -0.474. The lowest BCUT2D eigenvalue weighted by Gasteiger charge is -2.07. The first-order chi connectivity index (χ1) is 9.58. The average Bonchev–Trinajstić information content (AvgIpc) is 2.99. The Morgan fingerprint density at radius 3 is 2.76 bits per heavy atom. The Morgan fingerprint density at radius 1 is 1.38 bits per heavy atom. The number of hydrogen-bond acceptors (Lipinski definition) is 3. The van der Waals surface area contributed by atoms with Gasteiger partial charge in [-0.15, -0.1) is 12.4 Å². The van der Waals surface area contributed by atoms with Gasteiger partial charge in [-0.2, -0.15) is 0 Å². The Bertz CT molecular complexity index is 791. The highest BCUT2D eigenvalue weighted by atomic mass is 35.5. The summed E-state index contributed by atoms with van der Waals surface area (Å²) in [6.45, 7) is 4.56. The Morgan fingerprint density at radius 2 is 2.14 bits per heavy atom. The van der Waals surface area contributed by atoms with Crippen molar-refractivity contribution in [3.05, 3.63) is 53.3 Å². The first-order valence-corrected chi connectivity index (χ1v) is 6.35. The predicted molar refractivity (Wildman–Crippen MR) is 82.8 cm³/mol. The van der Waals surface area contributed by atoms with E-state index in [1.54, 1.807) is 18.6 Å². The van der Waals surface area contributed by atoms with E-state index in [0.29, 0.717) is 17.7 Å². The number of furan rings is 1. The van der Waals surface area contributed by atoms with Gasteiger partial charge in [0.25, 0.3) is 5.91 Å². The molecule has 0 aliphatic heterocycles. The van der Waals surface area contributed by atoms with Crippen molar-refractivity contribution in [3.8, 4) is 0 Å². The maximum atomic E-state index is 11.5. The van der Waals surface area contributed by atoms with E-state index < -0.39 is 5.91 Å². The number of aryl methyl sites for hydroxylation is 2. The molecule has 1 aromatic carbocycles. The molecule has 2 heterocycles. The molecule has 21 heavy (non-hydrogen) atoms. The molecule has 0 spiro atoms. The first-order valence-electron chi connectivity index (χ1n) is 6.35. The largest absolute Gasteiger partial charge is 0.460 e. The molecule has 0 saturated carbocycles. The van der Waals surface area contributed by atoms with Crippen LogP contribution >= 0.6 is 12.4 Å². The van der Waals surface area contributed by atoms with Gasteiger partial charge in [-0.1, -0.05) is 6.07 Å².